The summed E-state index contributed by atoms with van der Waals surface area (Å²) in [6.07, 6.45) is 8.35. The molecule has 36 heavy (non-hydrogen) atoms. The summed E-state index contributed by atoms with van der Waals surface area (Å²) in [6.45, 7) is 2.65. The van der Waals surface area contributed by atoms with Crippen LogP contribution in [0.25, 0.3) is 0 Å². The molecule has 0 bridgehead atoms. The second kappa shape index (κ2) is 10.7. The molecular formula is C29H37N3O4. The van der Waals surface area contributed by atoms with Crippen LogP contribution in [0.5, 0.6) is 0 Å². The molecular weight excluding hydrogens is 454 g/mol. The number of piperidine rings is 1. The zero-order valence-corrected chi connectivity index (χ0v) is 20.9. The van der Waals surface area contributed by atoms with E-state index in [0.29, 0.717) is 19.1 Å². The Kier molecular flexibility index (Phi) is 7.39. The molecule has 3 fully saturated rings. The second-order valence-corrected chi connectivity index (χ2v) is 11.0. The van der Waals surface area contributed by atoms with Crippen LogP contribution < -0.4 is 0 Å². The van der Waals surface area contributed by atoms with Crippen molar-refractivity contribution >= 4 is 11.6 Å². The van der Waals surface area contributed by atoms with E-state index in [1.54, 1.807) is 12.1 Å². The van der Waals surface area contributed by atoms with Crippen molar-refractivity contribution in [3.05, 3.63) is 75.8 Å². The molecule has 2 aliphatic heterocycles. The van der Waals surface area contributed by atoms with Crippen LogP contribution in [0, 0.1) is 22.0 Å². The number of hydrogen-bond donors (Lipinski definition) is 1. The van der Waals surface area contributed by atoms with Crippen LogP contribution in [0.1, 0.15) is 56.1 Å². The maximum atomic E-state index is 13.3. The number of carbonyl (C=O) groups is 1. The third-order valence-corrected chi connectivity index (χ3v) is 8.66. The third-order valence-electron chi connectivity index (χ3n) is 8.66. The van der Waals surface area contributed by atoms with Crippen LogP contribution in [-0.2, 0) is 16.8 Å². The number of nitrogens with zero attached hydrogens (tertiary/aromatic N) is 3. The number of β-amino-alcohol motifs (C(OH)–C–C–N with tert-alkyl or cyclic N) is 1. The molecule has 5 rings (SSSR count). The Balaban J connectivity index is 1.34. The highest BCUT2D eigenvalue weighted by molar-refractivity contribution is 5.79. The smallest absolute Gasteiger partial charge is 0.269 e. The Bertz CT molecular complexity index is 1050. The van der Waals surface area contributed by atoms with Gasteiger partial charge in [-0.3, -0.25) is 19.8 Å². The molecule has 0 spiro atoms. The zero-order valence-electron chi connectivity index (χ0n) is 20.9. The van der Waals surface area contributed by atoms with Gasteiger partial charge in [0.2, 0.25) is 5.91 Å². The number of rotatable bonds is 7. The molecule has 2 aromatic rings. The van der Waals surface area contributed by atoms with E-state index in [2.05, 4.69) is 4.90 Å². The molecule has 1 N–H and O–H groups in total. The van der Waals surface area contributed by atoms with Crippen molar-refractivity contribution in [3.8, 4) is 0 Å². The zero-order chi connectivity index (χ0) is 25.1. The SMILES string of the molecule is O=C(C1CCCC1)N1C[C@H](CN2CCCCC2Cc2ccc([N+](=O)[O-])cc2)[C@@](O)(c2ccccc2)C1. The molecule has 192 valence electrons. The molecule has 2 heterocycles. The van der Waals surface area contributed by atoms with Gasteiger partial charge in [0, 0.05) is 43.1 Å². The summed E-state index contributed by atoms with van der Waals surface area (Å²) in [6, 6.07) is 17.1. The van der Waals surface area contributed by atoms with Crippen LogP contribution in [0.4, 0.5) is 5.69 Å². The van der Waals surface area contributed by atoms with Gasteiger partial charge in [-0.15, -0.1) is 0 Å². The van der Waals surface area contributed by atoms with Crippen molar-refractivity contribution in [1.82, 2.24) is 9.80 Å². The number of likely N-dealkylation sites (tertiary alicyclic amines) is 2. The Morgan fingerprint density at radius 1 is 1.00 bits per heavy atom. The highest BCUT2D eigenvalue weighted by Gasteiger charge is 2.49. The molecule has 1 aliphatic carbocycles. The van der Waals surface area contributed by atoms with E-state index < -0.39 is 5.60 Å². The number of hydrogen-bond acceptors (Lipinski definition) is 5. The average molecular weight is 492 g/mol. The van der Waals surface area contributed by atoms with Crippen LogP contribution in [0.3, 0.4) is 0 Å². The molecule has 0 aromatic heterocycles. The van der Waals surface area contributed by atoms with Crippen LogP contribution in [0.2, 0.25) is 0 Å². The fourth-order valence-corrected chi connectivity index (χ4v) is 6.60. The first-order chi connectivity index (χ1) is 17.4. The lowest BCUT2D eigenvalue weighted by Gasteiger charge is -2.40. The molecule has 7 heteroatoms. The predicted molar refractivity (Wildman–Crippen MR) is 138 cm³/mol. The van der Waals surface area contributed by atoms with E-state index in [1.165, 1.54) is 0 Å². The molecule has 3 atom stereocenters. The summed E-state index contributed by atoms with van der Waals surface area (Å²) in [5, 5.41) is 23.1. The normalized spacial score (nSPS) is 27.4. The van der Waals surface area contributed by atoms with Gasteiger partial charge in [0.25, 0.3) is 5.69 Å². The molecule has 2 aromatic carbocycles. The average Bonchev–Trinajstić information content (AvgIpc) is 3.55. The van der Waals surface area contributed by atoms with Crippen molar-refractivity contribution in [3.63, 3.8) is 0 Å². The number of nitro benzene ring substituents is 1. The van der Waals surface area contributed by atoms with Gasteiger partial charge in [0.05, 0.1) is 11.5 Å². The van der Waals surface area contributed by atoms with Crippen molar-refractivity contribution in [2.45, 2.75) is 63.0 Å². The lowest BCUT2D eigenvalue weighted by molar-refractivity contribution is -0.384. The van der Waals surface area contributed by atoms with Crippen LogP contribution in [-0.4, -0.2) is 58.0 Å². The van der Waals surface area contributed by atoms with Crippen molar-refractivity contribution in [2.75, 3.05) is 26.2 Å². The fraction of sp³-hybridized carbons (Fsp3) is 0.552. The summed E-state index contributed by atoms with van der Waals surface area (Å²) in [5.41, 5.74) is 1.04. The number of non-ortho nitro benzene ring substituents is 1. The maximum absolute atomic E-state index is 13.3. The molecule has 2 saturated heterocycles. The van der Waals surface area contributed by atoms with Gasteiger partial charge >= 0.3 is 0 Å². The van der Waals surface area contributed by atoms with Gasteiger partial charge in [0.1, 0.15) is 5.60 Å². The monoisotopic (exact) mass is 491 g/mol. The van der Waals surface area contributed by atoms with E-state index in [9.17, 15) is 20.0 Å². The summed E-state index contributed by atoms with van der Waals surface area (Å²) < 4.78 is 0. The minimum Gasteiger partial charge on any atom is -0.383 e. The topological polar surface area (TPSA) is 86.9 Å². The second-order valence-electron chi connectivity index (χ2n) is 11.0. The van der Waals surface area contributed by atoms with Gasteiger partial charge in [0.15, 0.2) is 0 Å². The van der Waals surface area contributed by atoms with Gasteiger partial charge in [-0.1, -0.05) is 61.7 Å². The molecule has 0 radical (unpaired) electrons. The Labute approximate surface area is 213 Å². The van der Waals surface area contributed by atoms with Crippen molar-refractivity contribution in [1.29, 1.82) is 0 Å². The standard InChI is InChI=1S/C29H37N3O4/c33-28(23-8-4-5-9-23)31-20-25(29(34,21-31)24-10-2-1-3-11-24)19-30-17-7-6-12-27(30)18-22-13-15-26(16-14-22)32(35)36/h1-3,10-11,13-16,23,25,27,34H,4-9,12,17-21H2/t25-,27?,29-/m0/s1. The van der Waals surface area contributed by atoms with Gasteiger partial charge < -0.3 is 10.0 Å². The lowest BCUT2D eigenvalue weighted by Crippen LogP contribution is -2.48. The molecule has 7 nitrogen and oxygen atoms in total. The first kappa shape index (κ1) is 24.9. The van der Waals surface area contributed by atoms with Gasteiger partial charge in [-0.05, 0) is 49.8 Å². The number of benzene rings is 2. The lowest BCUT2D eigenvalue weighted by atomic mass is 9.82. The highest BCUT2D eigenvalue weighted by atomic mass is 16.6. The number of nitro groups is 1. The van der Waals surface area contributed by atoms with Crippen LogP contribution in [0.15, 0.2) is 54.6 Å². The van der Waals surface area contributed by atoms with E-state index in [4.69, 9.17) is 0 Å². The summed E-state index contributed by atoms with van der Waals surface area (Å²) in [4.78, 5) is 28.4. The quantitative estimate of drug-likeness (QED) is 0.454. The largest absolute Gasteiger partial charge is 0.383 e. The third kappa shape index (κ3) is 5.18. The number of amides is 1. The van der Waals surface area contributed by atoms with Gasteiger partial charge in [-0.2, -0.15) is 0 Å². The van der Waals surface area contributed by atoms with Crippen molar-refractivity contribution in [2.24, 2.45) is 11.8 Å². The Morgan fingerprint density at radius 2 is 1.69 bits per heavy atom. The Morgan fingerprint density at radius 3 is 2.39 bits per heavy atom. The molecule has 1 unspecified atom stereocenters. The maximum Gasteiger partial charge on any atom is 0.269 e. The van der Waals surface area contributed by atoms with E-state index in [0.717, 1.165) is 75.6 Å². The van der Waals surface area contributed by atoms with Crippen LogP contribution >= 0.6 is 0 Å². The fourth-order valence-electron chi connectivity index (χ4n) is 6.60. The molecule has 1 saturated carbocycles. The number of aliphatic hydroxyl groups is 1. The van der Waals surface area contributed by atoms with E-state index >= 15 is 0 Å². The predicted octanol–water partition coefficient (Wildman–Crippen LogP) is 4.53. The highest BCUT2D eigenvalue weighted by Crippen LogP contribution is 2.40. The summed E-state index contributed by atoms with van der Waals surface area (Å²) in [5.74, 6) is 0.252. The Hall–Kier alpha value is -2.77. The minimum absolute atomic E-state index is 0.0669. The van der Waals surface area contributed by atoms with E-state index in [-0.39, 0.29) is 28.4 Å². The summed E-state index contributed by atoms with van der Waals surface area (Å²) in [7, 11) is 0. The van der Waals surface area contributed by atoms with E-state index in [1.807, 2.05) is 47.4 Å². The minimum atomic E-state index is -1.06. The molecule has 3 aliphatic rings. The number of carbonyl (C=O) groups excluding carboxylic acids is 1. The first-order valence-electron chi connectivity index (χ1n) is 13.5. The summed E-state index contributed by atoms with van der Waals surface area (Å²) >= 11 is 0. The van der Waals surface area contributed by atoms with Crippen molar-refractivity contribution < 1.29 is 14.8 Å². The van der Waals surface area contributed by atoms with Gasteiger partial charge in [-0.25, -0.2) is 0 Å². The molecule has 1 amide bonds. The first-order valence-corrected chi connectivity index (χ1v) is 13.5.